The van der Waals surface area contributed by atoms with Crippen molar-refractivity contribution in [3.63, 3.8) is 0 Å². The Morgan fingerprint density at radius 3 is 2.25 bits per heavy atom. The normalized spacial score (nSPS) is 30.7. The lowest BCUT2D eigenvalue weighted by molar-refractivity contribution is -0.140. The maximum Gasteiger partial charge on any atom is 0.325 e. The van der Waals surface area contributed by atoms with Crippen LogP contribution in [0.5, 0.6) is 0 Å². The van der Waals surface area contributed by atoms with Gasteiger partial charge in [-0.15, -0.1) is 0 Å². The summed E-state index contributed by atoms with van der Waals surface area (Å²) in [6.45, 7) is 9.82. The number of piperidine rings is 1. The zero-order chi connectivity index (χ0) is 20.7. The number of carbonyl (C=O) groups excluding carboxylic acids is 3. The second-order valence-corrected chi connectivity index (χ2v) is 10.1. The highest BCUT2D eigenvalue weighted by Crippen LogP contribution is 2.43. The number of likely N-dealkylation sites (tertiary alicyclic amines) is 1. The van der Waals surface area contributed by atoms with E-state index in [1.165, 1.54) is 0 Å². The molecule has 1 aliphatic carbocycles. The van der Waals surface area contributed by atoms with Crippen LogP contribution < -0.4 is 11.1 Å². The number of hydrogen-bond donors (Lipinski definition) is 2. The third-order valence-corrected chi connectivity index (χ3v) is 7.24. The van der Waals surface area contributed by atoms with Gasteiger partial charge in [-0.3, -0.25) is 14.5 Å². The molecule has 0 bridgehead atoms. The minimum absolute atomic E-state index is 0.131. The molecule has 2 heterocycles. The van der Waals surface area contributed by atoms with Gasteiger partial charge in [0.25, 0.3) is 5.91 Å². The minimum Gasteiger partial charge on any atom is -0.341 e. The second kappa shape index (κ2) is 7.65. The molecule has 3 fully saturated rings. The van der Waals surface area contributed by atoms with Gasteiger partial charge in [0.1, 0.15) is 12.1 Å². The second-order valence-electron chi connectivity index (χ2n) is 10.1. The van der Waals surface area contributed by atoms with Crippen LogP contribution in [0.2, 0.25) is 0 Å². The predicted octanol–water partition coefficient (Wildman–Crippen LogP) is 2.10. The van der Waals surface area contributed by atoms with Crippen LogP contribution in [-0.4, -0.2) is 58.9 Å². The lowest BCUT2D eigenvalue weighted by Crippen LogP contribution is -2.51. The molecule has 2 aliphatic heterocycles. The Labute approximate surface area is 168 Å². The van der Waals surface area contributed by atoms with Gasteiger partial charge in [0.2, 0.25) is 5.91 Å². The van der Waals surface area contributed by atoms with Gasteiger partial charge in [0, 0.05) is 19.1 Å². The summed E-state index contributed by atoms with van der Waals surface area (Å²) in [5, 5.41) is 2.92. The third-order valence-electron chi connectivity index (χ3n) is 7.24. The molecule has 0 radical (unpaired) electrons. The Bertz CT molecular complexity index is 624. The maximum atomic E-state index is 13.1. The van der Waals surface area contributed by atoms with Crippen LogP contribution in [0.1, 0.15) is 66.2 Å². The van der Waals surface area contributed by atoms with Crippen LogP contribution in [0, 0.1) is 17.3 Å². The first-order chi connectivity index (χ1) is 13.0. The molecule has 1 spiro atoms. The molecule has 7 heteroatoms. The Morgan fingerprint density at radius 2 is 1.75 bits per heavy atom. The SMILES string of the molecule is CC(N)C1CCN(C(=O)CN2C(=O)NC3(CCC(C(C)(C)C)CC3)C2=O)CC1. The standard InChI is InChI=1S/C21H36N4O3/c1-14(22)15-7-11-24(12-8-15)17(26)13-25-18(27)21(23-19(25)28)9-5-16(6-10-21)20(2,3)4/h14-16H,5-13,22H2,1-4H3,(H,23,28). The smallest absolute Gasteiger partial charge is 0.325 e. The Hall–Kier alpha value is -1.63. The number of nitrogens with two attached hydrogens (primary N) is 1. The molecule has 0 aromatic carbocycles. The monoisotopic (exact) mass is 392 g/mol. The fourth-order valence-electron chi connectivity index (χ4n) is 5.05. The molecule has 1 atom stereocenters. The Morgan fingerprint density at radius 1 is 1.18 bits per heavy atom. The summed E-state index contributed by atoms with van der Waals surface area (Å²) in [6, 6.07) is -0.288. The molecule has 0 aromatic heterocycles. The summed E-state index contributed by atoms with van der Waals surface area (Å²) >= 11 is 0. The van der Waals surface area contributed by atoms with E-state index in [1.807, 2.05) is 6.92 Å². The molecule has 1 unspecified atom stereocenters. The highest BCUT2D eigenvalue weighted by molar-refractivity contribution is 6.09. The van der Waals surface area contributed by atoms with Crippen molar-refractivity contribution in [2.45, 2.75) is 77.8 Å². The van der Waals surface area contributed by atoms with Crippen molar-refractivity contribution in [2.75, 3.05) is 19.6 Å². The lowest BCUT2D eigenvalue weighted by Gasteiger charge is -2.40. The third kappa shape index (κ3) is 4.04. The summed E-state index contributed by atoms with van der Waals surface area (Å²) in [6.07, 6.45) is 4.90. The average molecular weight is 393 g/mol. The lowest BCUT2D eigenvalue weighted by atomic mass is 9.67. The van der Waals surface area contributed by atoms with Gasteiger partial charge in [-0.05, 0) is 62.7 Å². The molecule has 2 saturated heterocycles. The Balaban J connectivity index is 1.58. The summed E-state index contributed by atoms with van der Waals surface area (Å²) in [4.78, 5) is 41.2. The van der Waals surface area contributed by atoms with E-state index in [1.54, 1.807) is 4.90 Å². The first-order valence-electron chi connectivity index (χ1n) is 10.7. The van der Waals surface area contributed by atoms with Crippen molar-refractivity contribution in [3.05, 3.63) is 0 Å². The summed E-state index contributed by atoms with van der Waals surface area (Å²) in [7, 11) is 0. The first-order valence-corrected chi connectivity index (χ1v) is 10.7. The summed E-state index contributed by atoms with van der Waals surface area (Å²) < 4.78 is 0. The summed E-state index contributed by atoms with van der Waals surface area (Å²) in [5.74, 6) is 0.613. The van der Waals surface area contributed by atoms with Crippen molar-refractivity contribution in [3.8, 4) is 0 Å². The fourth-order valence-corrected chi connectivity index (χ4v) is 5.05. The van der Waals surface area contributed by atoms with E-state index in [2.05, 4.69) is 26.1 Å². The maximum absolute atomic E-state index is 13.1. The topological polar surface area (TPSA) is 95.7 Å². The number of rotatable bonds is 3. The van der Waals surface area contributed by atoms with Gasteiger partial charge in [-0.25, -0.2) is 4.79 Å². The zero-order valence-corrected chi connectivity index (χ0v) is 17.8. The highest BCUT2D eigenvalue weighted by Gasteiger charge is 2.53. The number of imide groups is 1. The van der Waals surface area contributed by atoms with Crippen molar-refractivity contribution in [2.24, 2.45) is 23.0 Å². The number of nitrogens with zero attached hydrogens (tertiary/aromatic N) is 2. The quantitative estimate of drug-likeness (QED) is 0.719. The molecule has 158 valence electrons. The van der Waals surface area contributed by atoms with Gasteiger partial charge in [-0.1, -0.05) is 20.8 Å². The van der Waals surface area contributed by atoms with Crippen LogP contribution in [0.15, 0.2) is 0 Å². The zero-order valence-electron chi connectivity index (χ0n) is 17.8. The number of urea groups is 1. The van der Waals surface area contributed by atoms with Crippen LogP contribution in [0.4, 0.5) is 4.79 Å². The van der Waals surface area contributed by atoms with Gasteiger partial charge in [0.15, 0.2) is 0 Å². The number of hydrogen-bond acceptors (Lipinski definition) is 4. The van der Waals surface area contributed by atoms with Crippen molar-refractivity contribution in [1.82, 2.24) is 15.1 Å². The van der Waals surface area contributed by atoms with E-state index in [-0.39, 0.29) is 29.8 Å². The van der Waals surface area contributed by atoms with Crippen LogP contribution in [0.25, 0.3) is 0 Å². The van der Waals surface area contributed by atoms with Crippen LogP contribution in [-0.2, 0) is 9.59 Å². The number of carbonyl (C=O) groups is 3. The average Bonchev–Trinajstić information content (AvgIpc) is 2.85. The van der Waals surface area contributed by atoms with E-state index in [0.29, 0.717) is 37.8 Å². The van der Waals surface area contributed by atoms with Crippen molar-refractivity contribution < 1.29 is 14.4 Å². The predicted molar refractivity (Wildman–Crippen MR) is 107 cm³/mol. The molecule has 3 rings (SSSR count). The molecule has 28 heavy (non-hydrogen) atoms. The van der Waals surface area contributed by atoms with E-state index in [9.17, 15) is 14.4 Å². The van der Waals surface area contributed by atoms with E-state index >= 15 is 0 Å². The van der Waals surface area contributed by atoms with E-state index in [0.717, 1.165) is 30.6 Å². The van der Waals surface area contributed by atoms with Gasteiger partial charge in [-0.2, -0.15) is 0 Å². The van der Waals surface area contributed by atoms with Crippen molar-refractivity contribution in [1.29, 1.82) is 0 Å². The number of nitrogens with one attached hydrogen (secondary N) is 1. The highest BCUT2D eigenvalue weighted by atomic mass is 16.2. The van der Waals surface area contributed by atoms with Gasteiger partial charge < -0.3 is 16.0 Å². The molecule has 1 saturated carbocycles. The van der Waals surface area contributed by atoms with Gasteiger partial charge in [0.05, 0.1) is 0 Å². The molecule has 0 aromatic rings. The molecule has 7 nitrogen and oxygen atoms in total. The molecular weight excluding hydrogens is 356 g/mol. The van der Waals surface area contributed by atoms with E-state index < -0.39 is 11.6 Å². The van der Waals surface area contributed by atoms with Crippen LogP contribution in [0.3, 0.4) is 0 Å². The van der Waals surface area contributed by atoms with Crippen molar-refractivity contribution >= 4 is 17.8 Å². The molecular formula is C21H36N4O3. The Kier molecular flexibility index (Phi) is 5.76. The number of amides is 4. The fraction of sp³-hybridized carbons (Fsp3) is 0.857. The van der Waals surface area contributed by atoms with Gasteiger partial charge >= 0.3 is 6.03 Å². The molecule has 3 N–H and O–H groups in total. The minimum atomic E-state index is -0.804. The van der Waals surface area contributed by atoms with Crippen LogP contribution >= 0.6 is 0 Å². The molecule has 4 amide bonds. The summed E-state index contributed by atoms with van der Waals surface area (Å²) in [5.41, 5.74) is 5.36. The van der Waals surface area contributed by atoms with E-state index in [4.69, 9.17) is 5.73 Å². The molecule has 3 aliphatic rings. The first kappa shape index (κ1) is 21.1. The largest absolute Gasteiger partial charge is 0.341 e.